The molecule has 0 saturated heterocycles. The molecule has 0 spiro atoms. The lowest BCUT2D eigenvalue weighted by atomic mass is 10.2. The minimum Gasteiger partial charge on any atom is -0.388 e. The van der Waals surface area contributed by atoms with Gasteiger partial charge in [-0.2, -0.15) is 13.2 Å². The number of nitrogens with zero attached hydrogens (tertiary/aromatic N) is 2. The number of hydrogen-bond acceptors (Lipinski definition) is 4. The van der Waals surface area contributed by atoms with E-state index in [0.29, 0.717) is 24.2 Å². The van der Waals surface area contributed by atoms with E-state index in [2.05, 4.69) is 4.98 Å². The van der Waals surface area contributed by atoms with Gasteiger partial charge in [0.2, 0.25) is 0 Å². The van der Waals surface area contributed by atoms with Crippen molar-refractivity contribution < 1.29 is 18.3 Å². The highest BCUT2D eigenvalue weighted by Crippen LogP contribution is 2.48. The molecule has 1 atom stereocenters. The Morgan fingerprint density at radius 1 is 1.50 bits per heavy atom. The van der Waals surface area contributed by atoms with Crippen molar-refractivity contribution in [3.05, 3.63) is 32.7 Å². The molecule has 0 radical (unpaired) electrons. The van der Waals surface area contributed by atoms with E-state index < -0.39 is 22.7 Å². The topological polar surface area (TPSA) is 54.6 Å². The minimum atomic E-state index is -4.49. The molecule has 2 aromatic heterocycles. The molecule has 1 aliphatic rings. The Kier molecular flexibility index (Phi) is 2.91. The summed E-state index contributed by atoms with van der Waals surface area (Å²) in [4.78, 5) is 15.4. The van der Waals surface area contributed by atoms with Crippen LogP contribution in [0, 0.1) is 0 Å². The molecule has 2 heterocycles. The number of alkyl halides is 3. The van der Waals surface area contributed by atoms with Crippen LogP contribution in [-0.4, -0.2) is 14.5 Å². The van der Waals surface area contributed by atoms with Gasteiger partial charge >= 0.3 is 6.18 Å². The van der Waals surface area contributed by atoms with E-state index in [-0.39, 0.29) is 22.1 Å². The van der Waals surface area contributed by atoms with Gasteiger partial charge in [0, 0.05) is 12.1 Å². The Balaban J connectivity index is 2.37. The molecule has 20 heavy (non-hydrogen) atoms. The predicted molar refractivity (Wildman–Crippen MR) is 66.9 cm³/mol. The SMILES string of the molecule is CC(O)c1cnc2sc(C(F)(F)F)c(C3CC3)n2c1=O. The maximum atomic E-state index is 13.1. The molecule has 0 bridgehead atoms. The molecule has 108 valence electrons. The van der Waals surface area contributed by atoms with Gasteiger partial charge in [-0.3, -0.25) is 9.20 Å². The van der Waals surface area contributed by atoms with Gasteiger partial charge in [0.25, 0.3) is 5.56 Å². The van der Waals surface area contributed by atoms with Crippen molar-refractivity contribution >= 4 is 16.3 Å². The molecule has 0 aliphatic heterocycles. The molecule has 1 unspecified atom stereocenters. The van der Waals surface area contributed by atoms with Gasteiger partial charge in [-0.25, -0.2) is 4.98 Å². The maximum absolute atomic E-state index is 13.1. The highest BCUT2D eigenvalue weighted by molar-refractivity contribution is 7.17. The first-order valence-electron chi connectivity index (χ1n) is 6.10. The lowest BCUT2D eigenvalue weighted by molar-refractivity contribution is -0.135. The largest absolute Gasteiger partial charge is 0.427 e. The van der Waals surface area contributed by atoms with Gasteiger partial charge in [0.15, 0.2) is 4.96 Å². The highest BCUT2D eigenvalue weighted by atomic mass is 32.1. The highest BCUT2D eigenvalue weighted by Gasteiger charge is 2.42. The second-order valence-electron chi connectivity index (χ2n) is 4.90. The summed E-state index contributed by atoms with van der Waals surface area (Å²) in [5.74, 6) is -0.246. The predicted octanol–water partition coefficient (Wildman–Crippen LogP) is 2.71. The maximum Gasteiger partial charge on any atom is 0.427 e. The molecule has 0 amide bonds. The summed E-state index contributed by atoms with van der Waals surface area (Å²) < 4.78 is 40.3. The van der Waals surface area contributed by atoms with E-state index in [4.69, 9.17) is 0 Å². The third-order valence-electron chi connectivity index (χ3n) is 3.29. The molecule has 2 aromatic rings. The molecular weight excluding hydrogens is 293 g/mol. The van der Waals surface area contributed by atoms with Crippen LogP contribution in [0.2, 0.25) is 0 Å². The van der Waals surface area contributed by atoms with Gasteiger partial charge in [0.1, 0.15) is 4.88 Å². The Morgan fingerprint density at radius 2 is 2.15 bits per heavy atom. The summed E-state index contributed by atoms with van der Waals surface area (Å²) in [6.45, 7) is 1.39. The molecule has 0 aromatic carbocycles. The van der Waals surface area contributed by atoms with E-state index in [1.165, 1.54) is 6.92 Å². The van der Waals surface area contributed by atoms with Crippen LogP contribution in [0.5, 0.6) is 0 Å². The fraction of sp³-hybridized carbons (Fsp3) is 0.500. The van der Waals surface area contributed by atoms with E-state index in [0.717, 1.165) is 10.6 Å². The van der Waals surface area contributed by atoms with Crippen LogP contribution in [0.4, 0.5) is 13.2 Å². The van der Waals surface area contributed by atoms with Crippen molar-refractivity contribution in [3.8, 4) is 0 Å². The second-order valence-corrected chi connectivity index (χ2v) is 5.88. The quantitative estimate of drug-likeness (QED) is 0.928. The number of halogens is 3. The molecular formula is C12H11F3N2O2S. The normalized spacial score (nSPS) is 17.6. The summed E-state index contributed by atoms with van der Waals surface area (Å²) in [5.41, 5.74) is -0.605. The van der Waals surface area contributed by atoms with E-state index in [9.17, 15) is 23.1 Å². The first kappa shape index (κ1) is 13.6. The lowest BCUT2D eigenvalue weighted by Crippen LogP contribution is -2.22. The van der Waals surface area contributed by atoms with Crippen molar-refractivity contribution in [1.82, 2.24) is 9.38 Å². The molecule has 1 N–H and O–H groups in total. The summed E-state index contributed by atoms with van der Waals surface area (Å²) in [6.07, 6.45) is -3.13. The van der Waals surface area contributed by atoms with Crippen molar-refractivity contribution in [2.75, 3.05) is 0 Å². The second kappa shape index (κ2) is 4.29. The molecule has 1 saturated carbocycles. The molecule has 4 nitrogen and oxygen atoms in total. The van der Waals surface area contributed by atoms with Crippen molar-refractivity contribution in [3.63, 3.8) is 0 Å². The van der Waals surface area contributed by atoms with Crippen molar-refractivity contribution in [2.45, 2.75) is 38.0 Å². The molecule has 1 fully saturated rings. The molecule has 8 heteroatoms. The van der Waals surface area contributed by atoms with E-state index in [1.54, 1.807) is 0 Å². The van der Waals surface area contributed by atoms with Gasteiger partial charge in [0.05, 0.1) is 17.4 Å². The first-order valence-corrected chi connectivity index (χ1v) is 6.92. The van der Waals surface area contributed by atoms with Crippen LogP contribution in [0.3, 0.4) is 0 Å². The fourth-order valence-electron chi connectivity index (χ4n) is 2.20. The minimum absolute atomic E-state index is 0.00231. The summed E-state index contributed by atoms with van der Waals surface area (Å²) in [5, 5.41) is 9.50. The molecule has 1 aliphatic carbocycles. The number of aliphatic hydroxyl groups is 1. The fourth-order valence-corrected chi connectivity index (χ4v) is 3.24. The zero-order chi connectivity index (χ0) is 14.7. The van der Waals surface area contributed by atoms with Crippen LogP contribution < -0.4 is 5.56 Å². The molecule has 3 rings (SSSR count). The van der Waals surface area contributed by atoms with E-state index in [1.807, 2.05) is 0 Å². The van der Waals surface area contributed by atoms with Gasteiger partial charge in [-0.15, -0.1) is 0 Å². The average Bonchev–Trinajstić information content (AvgIpc) is 3.08. The summed E-state index contributed by atoms with van der Waals surface area (Å²) in [7, 11) is 0. The number of thiazole rings is 1. The Hall–Kier alpha value is -1.41. The zero-order valence-corrected chi connectivity index (χ0v) is 11.3. The Morgan fingerprint density at radius 3 is 2.65 bits per heavy atom. The number of fused-ring (bicyclic) bond motifs is 1. The van der Waals surface area contributed by atoms with E-state index >= 15 is 0 Å². The average molecular weight is 304 g/mol. The van der Waals surface area contributed by atoms with Gasteiger partial charge < -0.3 is 5.11 Å². The monoisotopic (exact) mass is 304 g/mol. The third-order valence-corrected chi connectivity index (χ3v) is 4.41. The van der Waals surface area contributed by atoms with Crippen molar-refractivity contribution in [2.24, 2.45) is 0 Å². The number of hydrogen-bond donors (Lipinski definition) is 1. The van der Waals surface area contributed by atoms with Gasteiger partial charge in [-0.05, 0) is 19.8 Å². The van der Waals surface area contributed by atoms with Crippen LogP contribution in [-0.2, 0) is 6.18 Å². The summed E-state index contributed by atoms with van der Waals surface area (Å²) in [6, 6.07) is 0. The number of aliphatic hydroxyl groups excluding tert-OH is 1. The standard InChI is InChI=1S/C12H11F3N2O2S/c1-5(18)7-4-16-11-17(10(7)19)8(6-2-3-6)9(20-11)12(13,14)15/h4-6,18H,2-3H2,1H3. The first-order chi connectivity index (χ1) is 9.30. The zero-order valence-electron chi connectivity index (χ0n) is 10.4. The number of aromatic nitrogens is 2. The van der Waals surface area contributed by atoms with Crippen LogP contribution in [0.25, 0.3) is 4.96 Å². The number of rotatable bonds is 2. The summed E-state index contributed by atoms with van der Waals surface area (Å²) >= 11 is 0.479. The Bertz CT molecular complexity index is 729. The Labute approximate surface area is 115 Å². The smallest absolute Gasteiger partial charge is 0.388 e. The lowest BCUT2D eigenvalue weighted by Gasteiger charge is -2.08. The van der Waals surface area contributed by atoms with Gasteiger partial charge in [-0.1, -0.05) is 11.3 Å². The van der Waals surface area contributed by atoms with Crippen LogP contribution in [0.15, 0.2) is 11.0 Å². The van der Waals surface area contributed by atoms with Crippen LogP contribution >= 0.6 is 11.3 Å². The third kappa shape index (κ3) is 2.03. The van der Waals surface area contributed by atoms with Crippen molar-refractivity contribution in [1.29, 1.82) is 0 Å². The van der Waals surface area contributed by atoms with Crippen LogP contribution in [0.1, 0.15) is 47.9 Å².